The fraction of sp³-hybridized carbons (Fsp3) is 0.500. The Morgan fingerprint density at radius 2 is 1.95 bits per heavy atom. The first-order valence-corrected chi connectivity index (χ1v) is 7.27. The number of piperazine rings is 1. The third-order valence-corrected chi connectivity index (χ3v) is 3.84. The number of hydrogen-bond acceptors (Lipinski definition) is 3. The summed E-state index contributed by atoms with van der Waals surface area (Å²) in [6.07, 6.45) is 0.466. The van der Waals surface area contributed by atoms with Gasteiger partial charge in [-0.15, -0.1) is 0 Å². The van der Waals surface area contributed by atoms with Gasteiger partial charge in [-0.2, -0.15) is 0 Å². The molecule has 1 aromatic carbocycles. The molecule has 0 aromatic heterocycles. The van der Waals surface area contributed by atoms with Gasteiger partial charge < -0.3 is 15.0 Å². The Labute approximate surface area is 125 Å². The number of benzene rings is 1. The van der Waals surface area contributed by atoms with Gasteiger partial charge in [0.05, 0.1) is 6.10 Å². The highest BCUT2D eigenvalue weighted by atomic mass is 16.5. The Hall–Kier alpha value is -1.88. The number of ether oxygens (including phenoxy) is 1. The maximum Gasteiger partial charge on any atom is 0.248 e. The monoisotopic (exact) mass is 290 g/mol. The van der Waals surface area contributed by atoms with Gasteiger partial charge in [0.25, 0.3) is 0 Å². The minimum Gasteiger partial charge on any atom is -0.380 e. The molecule has 0 radical (unpaired) electrons. The van der Waals surface area contributed by atoms with Crippen LogP contribution in [0.3, 0.4) is 0 Å². The normalized spacial score (nSPS) is 23.9. The number of hydrogen-bond donors (Lipinski definition) is 1. The molecule has 0 spiro atoms. The summed E-state index contributed by atoms with van der Waals surface area (Å²) in [5, 5.41) is 2.81. The summed E-state index contributed by atoms with van der Waals surface area (Å²) in [7, 11) is 1.61. The van der Waals surface area contributed by atoms with Crippen molar-refractivity contribution in [1.29, 1.82) is 0 Å². The van der Waals surface area contributed by atoms with Gasteiger partial charge >= 0.3 is 0 Å². The molecule has 0 saturated carbocycles. The smallest absolute Gasteiger partial charge is 0.248 e. The number of carbonyl (C=O) groups excluding carboxylic acids is 2. The largest absolute Gasteiger partial charge is 0.380 e. The second-order valence-electron chi connectivity index (χ2n) is 5.32. The summed E-state index contributed by atoms with van der Waals surface area (Å²) in [4.78, 5) is 26.7. The Morgan fingerprint density at radius 3 is 2.52 bits per heavy atom. The fourth-order valence-corrected chi connectivity index (χ4v) is 2.57. The van der Waals surface area contributed by atoms with Gasteiger partial charge in [-0.1, -0.05) is 37.3 Å². The van der Waals surface area contributed by atoms with Crippen molar-refractivity contribution in [1.82, 2.24) is 10.2 Å². The number of amides is 2. The first-order valence-electron chi connectivity index (χ1n) is 7.27. The first kappa shape index (κ1) is 15.5. The summed E-state index contributed by atoms with van der Waals surface area (Å²) in [5.41, 5.74) is 0.821. The fourth-order valence-electron chi connectivity index (χ4n) is 2.57. The molecule has 0 aliphatic carbocycles. The van der Waals surface area contributed by atoms with Crippen molar-refractivity contribution in [3.05, 3.63) is 35.9 Å². The van der Waals surface area contributed by atoms with Crippen molar-refractivity contribution >= 4 is 11.8 Å². The van der Waals surface area contributed by atoms with Crippen LogP contribution < -0.4 is 5.32 Å². The zero-order valence-electron chi connectivity index (χ0n) is 12.7. The summed E-state index contributed by atoms with van der Waals surface area (Å²) in [6, 6.07) is 8.35. The molecule has 1 N–H and O–H groups in total. The highest BCUT2D eigenvalue weighted by molar-refractivity contribution is 5.97. The molecule has 5 nitrogen and oxygen atoms in total. The molecule has 3 atom stereocenters. The summed E-state index contributed by atoms with van der Waals surface area (Å²) < 4.78 is 5.26. The Bertz CT molecular complexity index is 504. The van der Waals surface area contributed by atoms with Crippen molar-refractivity contribution in [2.24, 2.45) is 0 Å². The van der Waals surface area contributed by atoms with Gasteiger partial charge in [0.1, 0.15) is 12.1 Å². The molecule has 1 aliphatic rings. The predicted octanol–water partition coefficient (Wildman–Crippen LogP) is 1.50. The van der Waals surface area contributed by atoms with Crippen molar-refractivity contribution in [2.75, 3.05) is 13.7 Å². The molecule has 1 fully saturated rings. The van der Waals surface area contributed by atoms with Gasteiger partial charge in [-0.25, -0.2) is 0 Å². The highest BCUT2D eigenvalue weighted by Crippen LogP contribution is 2.26. The van der Waals surface area contributed by atoms with Crippen molar-refractivity contribution < 1.29 is 14.3 Å². The molecule has 1 aliphatic heterocycles. The minimum atomic E-state index is -0.584. The first-order chi connectivity index (χ1) is 10.1. The summed E-state index contributed by atoms with van der Waals surface area (Å²) in [5.74, 6) is -0.175. The van der Waals surface area contributed by atoms with Crippen LogP contribution in [0.4, 0.5) is 0 Å². The van der Waals surface area contributed by atoms with E-state index in [0.29, 0.717) is 13.0 Å². The van der Waals surface area contributed by atoms with E-state index in [9.17, 15) is 9.59 Å². The predicted molar refractivity (Wildman–Crippen MR) is 79.6 cm³/mol. The lowest BCUT2D eigenvalue weighted by Crippen LogP contribution is -2.60. The van der Waals surface area contributed by atoms with Crippen molar-refractivity contribution in [2.45, 2.75) is 38.5 Å². The molecule has 3 unspecified atom stereocenters. The van der Waals surface area contributed by atoms with Crippen LogP contribution in [0.15, 0.2) is 30.3 Å². The van der Waals surface area contributed by atoms with Crippen LogP contribution >= 0.6 is 0 Å². The highest BCUT2D eigenvalue weighted by Gasteiger charge is 2.40. The Kier molecular flexibility index (Phi) is 4.96. The van der Waals surface area contributed by atoms with E-state index in [1.165, 1.54) is 0 Å². The molecular formula is C16H22N2O3. The van der Waals surface area contributed by atoms with Crippen LogP contribution in [-0.4, -0.2) is 42.5 Å². The number of nitrogens with zero attached hydrogens (tertiary/aromatic N) is 1. The molecule has 2 rings (SSSR count). The van der Waals surface area contributed by atoms with Gasteiger partial charge in [0.15, 0.2) is 0 Å². The average molecular weight is 290 g/mol. The van der Waals surface area contributed by atoms with E-state index in [1.807, 2.05) is 44.2 Å². The summed E-state index contributed by atoms with van der Waals surface area (Å²) >= 11 is 0. The third-order valence-electron chi connectivity index (χ3n) is 3.84. The zero-order chi connectivity index (χ0) is 15.4. The van der Waals surface area contributed by atoms with Gasteiger partial charge in [0, 0.05) is 13.7 Å². The standard InChI is InChI=1S/C16H22N2O3/c1-4-13-16(20)18(10-11(2)21-3)14(15(19)17-13)12-8-6-5-7-9-12/h5-9,11,13-14H,4,10H2,1-3H3,(H,17,19). The zero-order valence-corrected chi connectivity index (χ0v) is 12.7. The molecule has 2 amide bonds. The van der Waals surface area contributed by atoms with Gasteiger partial charge in [0.2, 0.25) is 11.8 Å². The lowest BCUT2D eigenvalue weighted by atomic mass is 9.98. The van der Waals surface area contributed by atoms with Crippen molar-refractivity contribution in [3.63, 3.8) is 0 Å². The van der Waals surface area contributed by atoms with Crippen LogP contribution in [0.5, 0.6) is 0 Å². The van der Waals surface area contributed by atoms with Crippen LogP contribution in [0.25, 0.3) is 0 Å². The second kappa shape index (κ2) is 6.72. The van der Waals surface area contributed by atoms with E-state index >= 15 is 0 Å². The number of carbonyl (C=O) groups is 2. The van der Waals surface area contributed by atoms with Crippen LogP contribution in [0.2, 0.25) is 0 Å². The molecule has 5 heteroatoms. The van der Waals surface area contributed by atoms with E-state index in [4.69, 9.17) is 4.74 Å². The van der Waals surface area contributed by atoms with E-state index < -0.39 is 12.1 Å². The molecular weight excluding hydrogens is 268 g/mol. The maximum atomic E-state index is 12.6. The van der Waals surface area contributed by atoms with E-state index in [1.54, 1.807) is 12.0 Å². The molecule has 21 heavy (non-hydrogen) atoms. The lowest BCUT2D eigenvalue weighted by Gasteiger charge is -2.40. The molecule has 1 heterocycles. The second-order valence-corrected chi connectivity index (χ2v) is 5.32. The van der Waals surface area contributed by atoms with E-state index in [-0.39, 0.29) is 17.9 Å². The van der Waals surface area contributed by atoms with Crippen LogP contribution in [0.1, 0.15) is 31.9 Å². The molecule has 0 bridgehead atoms. The Balaban J connectivity index is 2.34. The number of nitrogens with one attached hydrogen (secondary N) is 1. The molecule has 1 saturated heterocycles. The SMILES string of the molecule is CCC1NC(=O)C(c2ccccc2)N(CC(C)OC)C1=O. The third kappa shape index (κ3) is 3.24. The number of rotatable bonds is 5. The van der Waals surface area contributed by atoms with Crippen LogP contribution in [-0.2, 0) is 14.3 Å². The van der Waals surface area contributed by atoms with E-state index in [0.717, 1.165) is 5.56 Å². The minimum absolute atomic E-state index is 0.0464. The molecule has 114 valence electrons. The van der Waals surface area contributed by atoms with Crippen molar-refractivity contribution in [3.8, 4) is 0 Å². The topological polar surface area (TPSA) is 58.6 Å². The number of methoxy groups -OCH3 is 1. The Morgan fingerprint density at radius 1 is 1.29 bits per heavy atom. The maximum absolute atomic E-state index is 12.6. The summed E-state index contributed by atoms with van der Waals surface area (Å²) in [6.45, 7) is 4.19. The lowest BCUT2D eigenvalue weighted by molar-refractivity contribution is -0.151. The van der Waals surface area contributed by atoms with Crippen LogP contribution in [0, 0.1) is 0 Å². The average Bonchev–Trinajstić information content (AvgIpc) is 2.51. The molecule has 1 aromatic rings. The van der Waals surface area contributed by atoms with Gasteiger partial charge in [-0.3, -0.25) is 9.59 Å². The van der Waals surface area contributed by atoms with Gasteiger partial charge in [-0.05, 0) is 18.9 Å². The quantitative estimate of drug-likeness (QED) is 0.894. The van der Waals surface area contributed by atoms with E-state index in [2.05, 4.69) is 5.32 Å².